The topological polar surface area (TPSA) is 86.8 Å². The van der Waals surface area contributed by atoms with Crippen molar-refractivity contribution in [2.75, 3.05) is 18.0 Å². The van der Waals surface area contributed by atoms with Gasteiger partial charge in [-0.1, -0.05) is 43.7 Å². The molecular formula is C23H29N3O4S. The summed E-state index contributed by atoms with van der Waals surface area (Å²) in [6.45, 7) is 8.10. The number of fused-ring (bicyclic) bond motifs is 1. The van der Waals surface area contributed by atoms with Crippen LogP contribution in [-0.2, 0) is 32.6 Å². The highest BCUT2D eigenvalue weighted by molar-refractivity contribution is 7.89. The third kappa shape index (κ3) is 4.65. The number of carbonyl (C=O) groups excluding carboxylic acids is 2. The van der Waals surface area contributed by atoms with Crippen LogP contribution in [0.1, 0.15) is 37.5 Å². The maximum Gasteiger partial charge on any atom is 0.243 e. The number of hydrogen-bond donors (Lipinski definition) is 1. The summed E-state index contributed by atoms with van der Waals surface area (Å²) in [5, 5.41) is 2.90. The maximum atomic E-state index is 12.9. The van der Waals surface area contributed by atoms with Gasteiger partial charge in [0.1, 0.15) is 6.04 Å². The van der Waals surface area contributed by atoms with Crippen molar-refractivity contribution in [2.24, 2.45) is 0 Å². The third-order valence-corrected chi connectivity index (χ3v) is 7.65. The van der Waals surface area contributed by atoms with E-state index in [2.05, 4.69) is 5.32 Å². The summed E-state index contributed by atoms with van der Waals surface area (Å²) in [7, 11) is -3.62. The van der Waals surface area contributed by atoms with Gasteiger partial charge in [0.15, 0.2) is 0 Å². The van der Waals surface area contributed by atoms with Crippen LogP contribution in [0.25, 0.3) is 0 Å². The van der Waals surface area contributed by atoms with Gasteiger partial charge in [-0.2, -0.15) is 4.31 Å². The third-order valence-electron chi connectivity index (χ3n) is 5.61. The number of sulfonamides is 1. The fourth-order valence-corrected chi connectivity index (χ4v) is 5.42. The first kappa shape index (κ1) is 23.0. The van der Waals surface area contributed by atoms with Gasteiger partial charge in [-0.05, 0) is 36.2 Å². The predicted octanol–water partition coefficient (Wildman–Crippen LogP) is 2.62. The second-order valence-electron chi connectivity index (χ2n) is 7.69. The number of rotatable bonds is 7. The summed E-state index contributed by atoms with van der Waals surface area (Å²) in [5.74, 6) is -0.520. The SMILES string of the molecule is CCN(CC)S(=O)(=O)c1ccc2c(c1)C[C@H](C(=O)NCc1ccc(C)cc1)N2C(C)=O. The molecule has 0 aliphatic carbocycles. The minimum absolute atomic E-state index is 0.180. The fraction of sp³-hybridized carbons (Fsp3) is 0.391. The lowest BCUT2D eigenvalue weighted by Crippen LogP contribution is -2.47. The number of benzene rings is 2. The van der Waals surface area contributed by atoms with E-state index in [9.17, 15) is 18.0 Å². The Balaban J connectivity index is 1.83. The van der Waals surface area contributed by atoms with Crippen LogP contribution < -0.4 is 10.2 Å². The van der Waals surface area contributed by atoms with E-state index in [0.29, 0.717) is 30.9 Å². The minimum Gasteiger partial charge on any atom is -0.350 e. The molecular weight excluding hydrogens is 414 g/mol. The van der Waals surface area contributed by atoms with Gasteiger partial charge < -0.3 is 5.32 Å². The van der Waals surface area contributed by atoms with Crippen molar-refractivity contribution in [1.29, 1.82) is 0 Å². The molecule has 0 unspecified atom stereocenters. The second kappa shape index (κ2) is 9.20. The maximum absolute atomic E-state index is 12.9. The van der Waals surface area contributed by atoms with Gasteiger partial charge in [-0.25, -0.2) is 8.42 Å². The molecule has 0 radical (unpaired) electrons. The summed E-state index contributed by atoms with van der Waals surface area (Å²) in [5.41, 5.74) is 3.37. The van der Waals surface area contributed by atoms with Crippen molar-refractivity contribution in [3.63, 3.8) is 0 Å². The monoisotopic (exact) mass is 443 g/mol. The fourth-order valence-electron chi connectivity index (χ4n) is 3.91. The van der Waals surface area contributed by atoms with Gasteiger partial charge in [0.05, 0.1) is 4.90 Å². The highest BCUT2D eigenvalue weighted by atomic mass is 32.2. The van der Waals surface area contributed by atoms with Crippen molar-refractivity contribution in [2.45, 2.75) is 51.6 Å². The van der Waals surface area contributed by atoms with Gasteiger partial charge in [-0.3, -0.25) is 14.5 Å². The Bertz CT molecular complexity index is 1080. The largest absolute Gasteiger partial charge is 0.350 e. The molecule has 1 atom stereocenters. The second-order valence-corrected chi connectivity index (χ2v) is 9.63. The molecule has 7 nitrogen and oxygen atoms in total. The highest BCUT2D eigenvalue weighted by Crippen LogP contribution is 2.35. The van der Waals surface area contributed by atoms with Crippen LogP contribution in [0.4, 0.5) is 5.69 Å². The average Bonchev–Trinajstić information content (AvgIpc) is 3.13. The molecule has 2 aromatic carbocycles. The van der Waals surface area contributed by atoms with E-state index in [1.165, 1.54) is 22.2 Å². The van der Waals surface area contributed by atoms with Crippen molar-refractivity contribution >= 4 is 27.5 Å². The van der Waals surface area contributed by atoms with E-state index >= 15 is 0 Å². The van der Waals surface area contributed by atoms with Crippen molar-refractivity contribution in [1.82, 2.24) is 9.62 Å². The molecule has 0 spiro atoms. The normalized spacial score (nSPS) is 15.8. The molecule has 166 valence electrons. The number of anilines is 1. The summed E-state index contributed by atoms with van der Waals surface area (Å²) in [6, 6.07) is 11.9. The quantitative estimate of drug-likeness (QED) is 0.713. The highest BCUT2D eigenvalue weighted by Gasteiger charge is 2.37. The van der Waals surface area contributed by atoms with Crippen molar-refractivity contribution < 1.29 is 18.0 Å². The number of amides is 2. The van der Waals surface area contributed by atoms with E-state index < -0.39 is 16.1 Å². The van der Waals surface area contributed by atoms with Crippen molar-refractivity contribution in [3.05, 3.63) is 59.2 Å². The predicted molar refractivity (Wildman–Crippen MR) is 120 cm³/mol. The van der Waals surface area contributed by atoms with Gasteiger partial charge in [-0.15, -0.1) is 0 Å². The van der Waals surface area contributed by atoms with Crippen LogP contribution in [0, 0.1) is 6.92 Å². The lowest BCUT2D eigenvalue weighted by atomic mass is 10.1. The molecule has 0 saturated carbocycles. The Morgan fingerprint density at radius 3 is 2.32 bits per heavy atom. The number of hydrogen-bond acceptors (Lipinski definition) is 4. The molecule has 3 rings (SSSR count). The van der Waals surface area contributed by atoms with Gasteiger partial charge >= 0.3 is 0 Å². The molecule has 1 heterocycles. The Morgan fingerprint density at radius 2 is 1.74 bits per heavy atom. The van der Waals surface area contributed by atoms with E-state index in [4.69, 9.17) is 0 Å². The Labute approximate surface area is 184 Å². The van der Waals surface area contributed by atoms with E-state index in [-0.39, 0.29) is 23.1 Å². The molecule has 0 bridgehead atoms. The zero-order chi connectivity index (χ0) is 22.8. The molecule has 2 amide bonds. The number of carbonyl (C=O) groups is 2. The first-order chi connectivity index (χ1) is 14.7. The standard InChI is InChI=1S/C23H29N3O4S/c1-5-25(6-2)31(29,30)20-11-12-21-19(13-20)14-22(26(21)17(4)27)23(28)24-15-18-9-7-16(3)8-10-18/h7-13,22H,5-6,14-15H2,1-4H3,(H,24,28)/t22-/m1/s1. The first-order valence-corrected chi connectivity index (χ1v) is 11.9. The Kier molecular flexibility index (Phi) is 6.81. The molecule has 0 saturated heterocycles. The summed E-state index contributed by atoms with van der Waals surface area (Å²) < 4.78 is 27.1. The molecule has 1 aliphatic heterocycles. The van der Waals surface area contributed by atoms with Crippen LogP contribution in [0.3, 0.4) is 0 Å². The number of aryl methyl sites for hydroxylation is 1. The zero-order valence-electron chi connectivity index (χ0n) is 18.4. The molecule has 0 fully saturated rings. The van der Waals surface area contributed by atoms with Crippen LogP contribution in [0.2, 0.25) is 0 Å². The van der Waals surface area contributed by atoms with E-state index in [1.54, 1.807) is 26.0 Å². The van der Waals surface area contributed by atoms with Crippen LogP contribution >= 0.6 is 0 Å². The van der Waals surface area contributed by atoms with E-state index in [1.807, 2.05) is 31.2 Å². The van der Waals surface area contributed by atoms with Crippen molar-refractivity contribution in [3.8, 4) is 0 Å². The molecule has 31 heavy (non-hydrogen) atoms. The van der Waals surface area contributed by atoms with Crippen LogP contribution in [0.5, 0.6) is 0 Å². The number of nitrogens with zero attached hydrogens (tertiary/aromatic N) is 2. The van der Waals surface area contributed by atoms with Gasteiger partial charge in [0.2, 0.25) is 21.8 Å². The van der Waals surface area contributed by atoms with Gasteiger partial charge in [0, 0.05) is 38.7 Å². The molecule has 1 aliphatic rings. The molecule has 0 aromatic heterocycles. The lowest BCUT2D eigenvalue weighted by Gasteiger charge is -2.23. The average molecular weight is 444 g/mol. The Morgan fingerprint density at radius 1 is 1.10 bits per heavy atom. The molecule has 8 heteroatoms. The molecule has 1 N–H and O–H groups in total. The van der Waals surface area contributed by atoms with Gasteiger partial charge in [0.25, 0.3) is 0 Å². The number of nitrogens with one attached hydrogen (secondary N) is 1. The van der Waals surface area contributed by atoms with Crippen LogP contribution in [0.15, 0.2) is 47.4 Å². The lowest BCUT2D eigenvalue weighted by molar-refractivity contribution is -0.125. The summed E-state index contributed by atoms with van der Waals surface area (Å²) in [6.07, 6.45) is 0.274. The summed E-state index contributed by atoms with van der Waals surface area (Å²) in [4.78, 5) is 26.9. The minimum atomic E-state index is -3.62. The molecule has 2 aromatic rings. The van der Waals surface area contributed by atoms with E-state index in [0.717, 1.165) is 11.1 Å². The smallest absolute Gasteiger partial charge is 0.243 e. The Hall–Kier alpha value is -2.71. The zero-order valence-corrected chi connectivity index (χ0v) is 19.2. The first-order valence-electron chi connectivity index (χ1n) is 10.4. The van der Waals surface area contributed by atoms with Crippen LogP contribution in [-0.4, -0.2) is 43.7 Å². The summed E-state index contributed by atoms with van der Waals surface area (Å²) >= 11 is 0.